The fraction of sp³-hybridized carbons (Fsp3) is 0.286. The number of carbonyl (C=O) groups excluding carboxylic acids is 1. The Morgan fingerprint density at radius 3 is 2.67 bits per heavy atom. The number of hydrogen-bond acceptors (Lipinski definition) is 3. The van der Waals surface area contributed by atoms with Gasteiger partial charge in [0.05, 0.1) is 11.1 Å². The van der Waals surface area contributed by atoms with Crippen LogP contribution in [0.4, 0.5) is 4.79 Å². The minimum absolute atomic E-state index is 0.461. The first kappa shape index (κ1) is 12.2. The molecule has 4 heteroatoms. The number of hydrogen-bond donors (Lipinski definition) is 0. The number of nitriles is 1. The zero-order valence-corrected chi connectivity index (χ0v) is 10.6. The number of nitrogens with zero attached hydrogens (tertiary/aromatic N) is 2. The molecule has 0 aliphatic heterocycles. The van der Waals surface area contributed by atoms with Crippen molar-refractivity contribution in [2.75, 3.05) is 0 Å². The van der Waals surface area contributed by atoms with Gasteiger partial charge in [0.1, 0.15) is 11.7 Å². The summed E-state index contributed by atoms with van der Waals surface area (Å²) in [4.78, 5) is 12.0. The summed E-state index contributed by atoms with van der Waals surface area (Å²) in [5.74, 6) is 0. The van der Waals surface area contributed by atoms with E-state index in [1.54, 1.807) is 24.4 Å². The number of aromatic nitrogens is 1. The molecule has 0 aliphatic carbocycles. The number of rotatable bonds is 0. The number of para-hydroxylation sites is 1. The summed E-state index contributed by atoms with van der Waals surface area (Å²) in [5.41, 5.74) is 0.493. The summed E-state index contributed by atoms with van der Waals surface area (Å²) in [6.07, 6.45) is 1.15. The van der Waals surface area contributed by atoms with E-state index in [0.29, 0.717) is 11.1 Å². The molecule has 4 nitrogen and oxygen atoms in total. The third kappa shape index (κ3) is 2.21. The van der Waals surface area contributed by atoms with Crippen molar-refractivity contribution in [3.63, 3.8) is 0 Å². The number of ether oxygens (including phenoxy) is 1. The Morgan fingerprint density at radius 2 is 2.06 bits per heavy atom. The Morgan fingerprint density at radius 1 is 1.33 bits per heavy atom. The SMILES string of the molecule is CC(C)(C)OC(=O)n1ccc2cccc(C#N)c21. The van der Waals surface area contributed by atoms with Crippen LogP contribution in [0.1, 0.15) is 26.3 Å². The lowest BCUT2D eigenvalue weighted by Gasteiger charge is -2.19. The van der Waals surface area contributed by atoms with Gasteiger partial charge in [-0.25, -0.2) is 4.79 Å². The molecule has 2 aromatic rings. The highest BCUT2D eigenvalue weighted by Crippen LogP contribution is 2.21. The van der Waals surface area contributed by atoms with Crippen LogP contribution in [0.5, 0.6) is 0 Å². The van der Waals surface area contributed by atoms with Crippen molar-refractivity contribution < 1.29 is 9.53 Å². The molecule has 2 rings (SSSR count). The van der Waals surface area contributed by atoms with E-state index >= 15 is 0 Å². The van der Waals surface area contributed by atoms with Crippen molar-refractivity contribution in [1.29, 1.82) is 5.26 Å². The van der Waals surface area contributed by atoms with E-state index in [1.807, 2.05) is 26.8 Å². The van der Waals surface area contributed by atoms with Crippen LogP contribution in [0.3, 0.4) is 0 Å². The molecular weight excluding hydrogens is 228 g/mol. The topological polar surface area (TPSA) is 55.0 Å². The van der Waals surface area contributed by atoms with Gasteiger partial charge in [0, 0.05) is 11.6 Å². The molecule has 1 heterocycles. The molecule has 0 aliphatic rings. The normalized spacial score (nSPS) is 11.2. The van der Waals surface area contributed by atoms with Crippen LogP contribution in [-0.4, -0.2) is 16.3 Å². The van der Waals surface area contributed by atoms with Gasteiger partial charge in [0.25, 0.3) is 0 Å². The van der Waals surface area contributed by atoms with Crippen LogP contribution in [0.15, 0.2) is 30.5 Å². The van der Waals surface area contributed by atoms with Crippen molar-refractivity contribution in [3.05, 3.63) is 36.0 Å². The highest BCUT2D eigenvalue weighted by molar-refractivity contribution is 5.93. The predicted molar refractivity (Wildman–Crippen MR) is 68.3 cm³/mol. The fourth-order valence-electron chi connectivity index (χ4n) is 1.75. The molecule has 0 amide bonds. The fourth-order valence-corrected chi connectivity index (χ4v) is 1.75. The second-order valence-corrected chi connectivity index (χ2v) is 5.02. The van der Waals surface area contributed by atoms with Crippen LogP contribution in [0.2, 0.25) is 0 Å². The molecule has 0 fully saturated rings. The van der Waals surface area contributed by atoms with Crippen LogP contribution in [0, 0.1) is 11.3 Å². The van der Waals surface area contributed by atoms with Gasteiger partial charge < -0.3 is 4.74 Å². The van der Waals surface area contributed by atoms with Gasteiger partial charge in [-0.3, -0.25) is 4.57 Å². The Balaban J connectivity index is 2.53. The van der Waals surface area contributed by atoms with E-state index in [9.17, 15) is 4.79 Å². The Labute approximate surface area is 105 Å². The first-order valence-corrected chi connectivity index (χ1v) is 5.66. The molecule has 92 valence electrons. The van der Waals surface area contributed by atoms with Crippen molar-refractivity contribution in [3.8, 4) is 6.07 Å². The molecular formula is C14H14N2O2. The molecule has 0 atom stereocenters. The lowest BCUT2D eigenvalue weighted by atomic mass is 10.1. The molecule has 0 N–H and O–H groups in total. The van der Waals surface area contributed by atoms with E-state index in [4.69, 9.17) is 10.00 Å². The lowest BCUT2D eigenvalue weighted by molar-refractivity contribution is 0.0544. The summed E-state index contributed by atoms with van der Waals surface area (Å²) >= 11 is 0. The van der Waals surface area contributed by atoms with Gasteiger partial charge in [-0.1, -0.05) is 12.1 Å². The first-order valence-electron chi connectivity index (χ1n) is 5.66. The van der Waals surface area contributed by atoms with Crippen molar-refractivity contribution in [1.82, 2.24) is 4.57 Å². The van der Waals surface area contributed by atoms with E-state index < -0.39 is 11.7 Å². The second-order valence-electron chi connectivity index (χ2n) is 5.02. The van der Waals surface area contributed by atoms with Gasteiger partial charge in [-0.15, -0.1) is 0 Å². The highest BCUT2D eigenvalue weighted by Gasteiger charge is 2.19. The quantitative estimate of drug-likeness (QED) is 0.712. The average Bonchev–Trinajstić information content (AvgIpc) is 2.70. The van der Waals surface area contributed by atoms with Crippen molar-refractivity contribution in [2.45, 2.75) is 26.4 Å². The van der Waals surface area contributed by atoms with E-state index in [1.165, 1.54) is 4.57 Å². The third-order valence-corrected chi connectivity index (χ3v) is 2.42. The minimum atomic E-state index is -0.560. The van der Waals surface area contributed by atoms with Gasteiger partial charge in [-0.05, 0) is 32.9 Å². The second kappa shape index (κ2) is 4.19. The summed E-state index contributed by atoms with van der Waals surface area (Å²) in [7, 11) is 0. The molecule has 0 radical (unpaired) electrons. The first-order chi connectivity index (χ1) is 8.42. The molecule has 0 saturated heterocycles. The van der Waals surface area contributed by atoms with E-state index in [2.05, 4.69) is 6.07 Å². The van der Waals surface area contributed by atoms with E-state index in [0.717, 1.165) is 5.39 Å². The molecule has 0 spiro atoms. The number of fused-ring (bicyclic) bond motifs is 1. The average molecular weight is 242 g/mol. The van der Waals surface area contributed by atoms with Crippen molar-refractivity contribution >= 4 is 17.0 Å². The summed E-state index contributed by atoms with van der Waals surface area (Å²) in [6, 6.07) is 9.21. The van der Waals surface area contributed by atoms with Gasteiger partial charge in [0.15, 0.2) is 0 Å². The summed E-state index contributed by atoms with van der Waals surface area (Å²) < 4.78 is 6.68. The van der Waals surface area contributed by atoms with Gasteiger partial charge >= 0.3 is 6.09 Å². The zero-order chi connectivity index (χ0) is 13.3. The molecule has 0 bridgehead atoms. The number of carbonyl (C=O) groups is 1. The van der Waals surface area contributed by atoms with Crippen LogP contribution >= 0.6 is 0 Å². The molecule has 0 unspecified atom stereocenters. The predicted octanol–water partition coefficient (Wildman–Crippen LogP) is 3.30. The third-order valence-electron chi connectivity index (χ3n) is 2.42. The standard InChI is InChI=1S/C14H14N2O2/c1-14(2,3)18-13(17)16-8-7-10-5-4-6-11(9-15)12(10)16/h4-8H,1-3H3. The number of benzene rings is 1. The maximum absolute atomic E-state index is 12.0. The van der Waals surface area contributed by atoms with E-state index in [-0.39, 0.29) is 0 Å². The molecule has 18 heavy (non-hydrogen) atoms. The minimum Gasteiger partial charge on any atom is -0.443 e. The van der Waals surface area contributed by atoms with Crippen LogP contribution < -0.4 is 0 Å². The summed E-state index contributed by atoms with van der Waals surface area (Å²) in [5, 5.41) is 9.92. The molecule has 0 saturated carbocycles. The molecule has 1 aromatic heterocycles. The maximum Gasteiger partial charge on any atom is 0.419 e. The smallest absolute Gasteiger partial charge is 0.419 e. The maximum atomic E-state index is 12.0. The van der Waals surface area contributed by atoms with Crippen molar-refractivity contribution in [2.24, 2.45) is 0 Å². The molecule has 1 aromatic carbocycles. The zero-order valence-electron chi connectivity index (χ0n) is 10.6. The Kier molecular flexibility index (Phi) is 2.84. The Bertz CT molecular complexity index is 642. The van der Waals surface area contributed by atoms with Gasteiger partial charge in [0.2, 0.25) is 0 Å². The largest absolute Gasteiger partial charge is 0.443 e. The monoisotopic (exact) mass is 242 g/mol. The lowest BCUT2D eigenvalue weighted by Crippen LogP contribution is -2.26. The van der Waals surface area contributed by atoms with Gasteiger partial charge in [-0.2, -0.15) is 5.26 Å². The van der Waals surface area contributed by atoms with Crippen LogP contribution in [-0.2, 0) is 4.74 Å². The summed E-state index contributed by atoms with van der Waals surface area (Å²) in [6.45, 7) is 5.42. The highest BCUT2D eigenvalue weighted by atomic mass is 16.6. The Hall–Kier alpha value is -2.28. The van der Waals surface area contributed by atoms with Crippen LogP contribution in [0.25, 0.3) is 10.9 Å².